The molecule has 23 atom stereocenters. The van der Waals surface area contributed by atoms with E-state index < -0.39 is 25.7 Å². The Kier molecular flexibility index (Phi) is 7.52. The first-order chi connectivity index (χ1) is 28.4. The summed E-state index contributed by atoms with van der Waals surface area (Å²) in [4.78, 5) is 0.312. The molecule has 316 valence electrons. The van der Waals surface area contributed by atoms with E-state index in [0.717, 1.165) is 95.0 Å². The normalized spacial score (nSPS) is 52.9. The average Bonchev–Trinajstić information content (AvgIpc) is 4.05. The maximum atomic E-state index is 15.7. The van der Waals surface area contributed by atoms with Gasteiger partial charge in [0.15, 0.2) is 0 Å². The van der Waals surface area contributed by atoms with Gasteiger partial charge in [-0.25, -0.2) is 4.18 Å². The second kappa shape index (κ2) is 12.1. The van der Waals surface area contributed by atoms with Gasteiger partial charge in [0, 0.05) is 0 Å². The molecular formula is C51H64O6S2. The lowest BCUT2D eigenvalue weighted by Gasteiger charge is -2.47. The van der Waals surface area contributed by atoms with E-state index in [-0.39, 0.29) is 16.9 Å². The Morgan fingerprint density at radius 2 is 1.22 bits per heavy atom. The lowest BCUT2D eigenvalue weighted by Crippen LogP contribution is -2.42. The zero-order valence-corrected chi connectivity index (χ0v) is 36.6. The van der Waals surface area contributed by atoms with Crippen LogP contribution in [0.1, 0.15) is 143 Å². The van der Waals surface area contributed by atoms with Crippen LogP contribution < -0.4 is 0 Å². The molecule has 2 aromatic rings. The summed E-state index contributed by atoms with van der Waals surface area (Å²) < 4.78 is 74.8. The molecule has 12 aliphatic carbocycles. The SMILES string of the molecule is CC1CC2CC1C1C3CC(CC3c3cc(C4CC5CC4C4C6CCC(C6)C54)cc(C4(C)CC5CC4C4C6CCC(C6)C54)c3S(=O)(=O)OC(c3ccccc3)S(=O)(=O)O)C21. The molecular weight excluding hydrogens is 773 g/mol. The molecule has 23 unspecified atom stereocenters. The highest BCUT2D eigenvalue weighted by molar-refractivity contribution is 7.89. The molecule has 0 saturated heterocycles. The highest BCUT2D eigenvalue weighted by Crippen LogP contribution is 2.76. The molecule has 6 nitrogen and oxygen atoms in total. The minimum Gasteiger partial charge on any atom is -0.283 e. The van der Waals surface area contributed by atoms with Gasteiger partial charge < -0.3 is 0 Å². The summed E-state index contributed by atoms with van der Waals surface area (Å²) in [5.41, 5.74) is 1.13. The van der Waals surface area contributed by atoms with Crippen LogP contribution in [-0.4, -0.2) is 21.4 Å². The van der Waals surface area contributed by atoms with Crippen molar-refractivity contribution < 1.29 is 25.6 Å². The molecule has 2 aromatic carbocycles. The van der Waals surface area contributed by atoms with E-state index in [9.17, 15) is 13.0 Å². The second-order valence-electron chi connectivity index (χ2n) is 24.0. The molecule has 0 radical (unpaired) electrons. The Bertz CT molecular complexity index is 2340. The van der Waals surface area contributed by atoms with Crippen LogP contribution in [0, 0.1) is 112 Å². The van der Waals surface area contributed by atoms with Crippen molar-refractivity contribution in [1.82, 2.24) is 0 Å². The molecule has 0 spiro atoms. The fraction of sp³-hybridized carbons (Fsp3) is 0.765. The molecule has 59 heavy (non-hydrogen) atoms. The molecule has 12 fully saturated rings. The van der Waals surface area contributed by atoms with Gasteiger partial charge in [-0.1, -0.05) is 56.3 Å². The smallest absolute Gasteiger partial charge is 0.283 e. The van der Waals surface area contributed by atoms with Gasteiger partial charge in [0.1, 0.15) is 4.90 Å². The van der Waals surface area contributed by atoms with E-state index in [1.54, 1.807) is 30.3 Å². The number of rotatable bonds is 8. The van der Waals surface area contributed by atoms with Gasteiger partial charge in [-0.3, -0.25) is 4.55 Å². The van der Waals surface area contributed by atoms with Gasteiger partial charge in [-0.15, -0.1) is 0 Å². The predicted octanol–water partition coefficient (Wildman–Crippen LogP) is 10.8. The summed E-state index contributed by atoms with van der Waals surface area (Å²) >= 11 is 0. The van der Waals surface area contributed by atoms with Crippen LogP contribution in [0.5, 0.6) is 0 Å². The Labute approximate surface area is 352 Å². The third-order valence-corrected chi connectivity index (χ3v) is 24.8. The Morgan fingerprint density at radius 3 is 1.93 bits per heavy atom. The molecule has 12 bridgehead atoms. The fourth-order valence-corrected chi connectivity index (χ4v) is 24.1. The highest BCUT2D eigenvalue weighted by Gasteiger charge is 2.68. The molecule has 14 rings (SSSR count). The molecule has 0 aliphatic heterocycles. The number of benzene rings is 2. The lowest BCUT2D eigenvalue weighted by atomic mass is 9.58. The van der Waals surface area contributed by atoms with E-state index in [1.807, 2.05) is 0 Å². The zero-order chi connectivity index (χ0) is 39.6. The molecule has 8 heteroatoms. The van der Waals surface area contributed by atoms with Crippen molar-refractivity contribution in [1.29, 1.82) is 0 Å². The molecule has 12 saturated carbocycles. The maximum Gasteiger partial charge on any atom is 0.299 e. The van der Waals surface area contributed by atoms with Crippen LogP contribution >= 0.6 is 0 Å². The molecule has 0 amide bonds. The largest absolute Gasteiger partial charge is 0.299 e. The van der Waals surface area contributed by atoms with Crippen LogP contribution in [0.25, 0.3) is 0 Å². The van der Waals surface area contributed by atoms with Crippen molar-refractivity contribution in [3.8, 4) is 0 Å². The standard InChI is InChI=1S/C51H64O6S2/c1-24-12-31-16-35(24)48-39-20-33(45(31)48)18-37(39)40-15-30(36-17-32-19-38(36)46-28-10-8-26(13-28)43(32)46)21-42(51(2)23-34-22-41(51)47-29-11-9-27(14-29)44(34)47)49(40)59(55,56)57-50(58(52,53)54)25-6-4-3-5-7-25/h3-7,15,21,24,26-29,31-39,41,43-48,50H,8-14,16-20,22-23H2,1-2H3,(H,52,53,54). The van der Waals surface area contributed by atoms with Crippen LogP contribution in [-0.2, 0) is 29.8 Å². The number of hydrogen-bond acceptors (Lipinski definition) is 5. The maximum absolute atomic E-state index is 15.7. The van der Waals surface area contributed by atoms with Gasteiger partial charge in [0.2, 0.25) is 5.44 Å². The monoisotopic (exact) mass is 836 g/mol. The first-order valence-electron chi connectivity index (χ1n) is 24.5. The minimum absolute atomic E-state index is 0.132. The summed E-state index contributed by atoms with van der Waals surface area (Å²) in [5, 5.41) is 0. The molecule has 0 aromatic heterocycles. The van der Waals surface area contributed by atoms with Crippen LogP contribution in [0.15, 0.2) is 47.4 Å². The van der Waals surface area contributed by atoms with Gasteiger partial charge in [0.05, 0.1) is 0 Å². The average molecular weight is 837 g/mol. The van der Waals surface area contributed by atoms with Gasteiger partial charge in [0.25, 0.3) is 20.2 Å². The van der Waals surface area contributed by atoms with Crippen LogP contribution in [0.2, 0.25) is 0 Å². The fourth-order valence-electron chi connectivity index (χ4n) is 21.4. The van der Waals surface area contributed by atoms with Crippen molar-refractivity contribution >= 4 is 20.2 Å². The molecule has 1 N–H and O–H groups in total. The van der Waals surface area contributed by atoms with Crippen molar-refractivity contribution in [2.45, 2.75) is 131 Å². The highest BCUT2D eigenvalue weighted by atomic mass is 32.2. The van der Waals surface area contributed by atoms with E-state index in [1.165, 1.54) is 82.6 Å². The van der Waals surface area contributed by atoms with Crippen molar-refractivity contribution in [2.24, 2.45) is 112 Å². The second-order valence-corrected chi connectivity index (χ2v) is 27.0. The first-order valence-corrected chi connectivity index (χ1v) is 27.4. The third kappa shape index (κ3) is 4.77. The summed E-state index contributed by atoms with van der Waals surface area (Å²) in [6, 6.07) is 13.0. The Hall–Kier alpha value is -1.74. The van der Waals surface area contributed by atoms with Crippen molar-refractivity contribution in [3.05, 3.63) is 64.7 Å². The number of fused-ring (bicyclic) bond motifs is 27. The van der Waals surface area contributed by atoms with E-state index in [0.29, 0.717) is 52.2 Å². The third-order valence-electron chi connectivity index (χ3n) is 22.4. The van der Waals surface area contributed by atoms with Gasteiger partial charge >= 0.3 is 0 Å². The van der Waals surface area contributed by atoms with Gasteiger partial charge in [-0.05, 0) is 242 Å². The molecule has 0 heterocycles. The Morgan fingerprint density at radius 1 is 0.627 bits per heavy atom. The van der Waals surface area contributed by atoms with Crippen molar-refractivity contribution in [2.75, 3.05) is 0 Å². The number of hydrogen-bond donors (Lipinski definition) is 1. The quantitative estimate of drug-likeness (QED) is 0.162. The van der Waals surface area contributed by atoms with E-state index in [4.69, 9.17) is 4.18 Å². The Balaban J connectivity index is 0.961. The topological polar surface area (TPSA) is 97.7 Å². The lowest BCUT2D eigenvalue weighted by molar-refractivity contribution is 0.0882. The van der Waals surface area contributed by atoms with Crippen molar-refractivity contribution in [3.63, 3.8) is 0 Å². The van der Waals surface area contributed by atoms with Crippen LogP contribution in [0.3, 0.4) is 0 Å². The van der Waals surface area contributed by atoms with E-state index in [2.05, 4.69) is 26.0 Å². The van der Waals surface area contributed by atoms with E-state index >= 15 is 8.42 Å². The van der Waals surface area contributed by atoms with Crippen LogP contribution in [0.4, 0.5) is 0 Å². The minimum atomic E-state index is -4.94. The van der Waals surface area contributed by atoms with Gasteiger partial charge in [-0.2, -0.15) is 16.8 Å². The summed E-state index contributed by atoms with van der Waals surface area (Å²) in [5.74, 6) is 14.6. The summed E-state index contributed by atoms with van der Waals surface area (Å²) in [6.07, 6.45) is 18.1. The predicted molar refractivity (Wildman–Crippen MR) is 225 cm³/mol. The summed E-state index contributed by atoms with van der Waals surface area (Å²) in [6.45, 7) is 4.90. The molecule has 12 aliphatic rings. The summed E-state index contributed by atoms with van der Waals surface area (Å²) in [7, 11) is -9.62. The zero-order valence-electron chi connectivity index (χ0n) is 34.9. The first kappa shape index (κ1) is 36.7.